The first kappa shape index (κ1) is 18.7. The van der Waals surface area contributed by atoms with Crippen molar-refractivity contribution in [1.29, 1.82) is 5.26 Å². The van der Waals surface area contributed by atoms with Crippen molar-refractivity contribution in [1.82, 2.24) is 9.80 Å². The summed E-state index contributed by atoms with van der Waals surface area (Å²) in [5.41, 5.74) is 2.89. The number of rotatable bonds is 2. The molecular weight excluding hydrogens is 346 g/mol. The largest absolute Gasteiger partial charge is 0.339 e. The number of nitrogens with zero attached hydrogens (tertiary/aromatic N) is 3. The number of benzene rings is 2. The molecule has 1 atom stereocenters. The summed E-state index contributed by atoms with van der Waals surface area (Å²) < 4.78 is 0. The molecule has 2 aromatic rings. The van der Waals surface area contributed by atoms with Crippen LogP contribution in [0.5, 0.6) is 0 Å². The van der Waals surface area contributed by atoms with Gasteiger partial charge in [-0.3, -0.25) is 4.79 Å². The highest BCUT2D eigenvalue weighted by molar-refractivity contribution is 5.94. The zero-order valence-electron chi connectivity index (χ0n) is 16.5. The molecule has 28 heavy (non-hydrogen) atoms. The zero-order valence-corrected chi connectivity index (χ0v) is 16.5. The molecule has 2 heterocycles. The van der Waals surface area contributed by atoms with Gasteiger partial charge < -0.3 is 9.80 Å². The van der Waals surface area contributed by atoms with E-state index in [0.717, 1.165) is 39.0 Å². The third-order valence-corrected chi connectivity index (χ3v) is 6.44. The maximum atomic E-state index is 12.9. The standard InChI is InChI=1S/C24H27N3O/c1-26-17-22(20-7-3-2-4-8-20)15-24(18-26)10-12-27(13-11-24)23(28)21-9-5-6-19(14-21)16-25/h2-9,14,22H,10-13,15,17-18H2,1H3/t22-/m1/s1. The monoisotopic (exact) mass is 373 g/mol. The second-order valence-corrected chi connectivity index (χ2v) is 8.49. The second kappa shape index (κ2) is 7.77. The fourth-order valence-electron chi connectivity index (χ4n) is 5.06. The summed E-state index contributed by atoms with van der Waals surface area (Å²) in [6, 6.07) is 20.0. The van der Waals surface area contributed by atoms with Gasteiger partial charge in [0, 0.05) is 31.7 Å². The summed E-state index contributed by atoms with van der Waals surface area (Å²) in [5.74, 6) is 0.616. The first-order valence-corrected chi connectivity index (χ1v) is 10.1. The van der Waals surface area contributed by atoms with E-state index in [1.54, 1.807) is 18.2 Å². The lowest BCUT2D eigenvalue weighted by Crippen LogP contribution is -2.51. The van der Waals surface area contributed by atoms with Crippen molar-refractivity contribution >= 4 is 5.91 Å². The molecule has 1 spiro atoms. The quantitative estimate of drug-likeness (QED) is 0.802. The predicted octanol–water partition coefficient (Wildman–Crippen LogP) is 3.90. The number of carbonyl (C=O) groups excluding carboxylic acids is 1. The van der Waals surface area contributed by atoms with Crippen LogP contribution in [-0.2, 0) is 0 Å². The van der Waals surface area contributed by atoms with Gasteiger partial charge in [0.15, 0.2) is 0 Å². The van der Waals surface area contributed by atoms with Crippen LogP contribution in [0.1, 0.15) is 46.7 Å². The van der Waals surface area contributed by atoms with E-state index in [2.05, 4.69) is 48.3 Å². The highest BCUT2D eigenvalue weighted by Crippen LogP contribution is 2.44. The molecule has 0 aromatic heterocycles. The van der Waals surface area contributed by atoms with Gasteiger partial charge >= 0.3 is 0 Å². The number of amides is 1. The Morgan fingerprint density at radius 1 is 1.11 bits per heavy atom. The molecule has 4 nitrogen and oxygen atoms in total. The number of hydrogen-bond donors (Lipinski definition) is 0. The van der Waals surface area contributed by atoms with Crippen LogP contribution in [-0.4, -0.2) is 48.9 Å². The number of likely N-dealkylation sites (N-methyl/N-ethyl adjacent to an activating group) is 1. The van der Waals surface area contributed by atoms with E-state index in [1.165, 1.54) is 12.0 Å². The van der Waals surface area contributed by atoms with E-state index in [0.29, 0.717) is 22.5 Å². The van der Waals surface area contributed by atoms with Crippen molar-refractivity contribution in [2.45, 2.75) is 25.2 Å². The lowest BCUT2D eigenvalue weighted by Gasteiger charge is -2.49. The molecule has 2 aromatic carbocycles. The Bertz CT molecular complexity index is 878. The average molecular weight is 374 g/mol. The van der Waals surface area contributed by atoms with Gasteiger partial charge in [0.05, 0.1) is 11.6 Å². The first-order valence-electron chi connectivity index (χ1n) is 10.1. The SMILES string of the molecule is CN1C[C@H](c2ccccc2)CC2(CCN(C(=O)c3cccc(C#N)c3)CC2)C1. The molecule has 2 fully saturated rings. The van der Waals surface area contributed by atoms with Crippen LogP contribution in [0.3, 0.4) is 0 Å². The normalized spacial score (nSPS) is 22.0. The summed E-state index contributed by atoms with van der Waals surface area (Å²) in [5, 5.41) is 9.08. The van der Waals surface area contributed by atoms with E-state index in [1.807, 2.05) is 11.0 Å². The highest BCUT2D eigenvalue weighted by Gasteiger charge is 2.42. The maximum absolute atomic E-state index is 12.9. The third-order valence-electron chi connectivity index (χ3n) is 6.44. The third kappa shape index (κ3) is 3.81. The molecule has 0 radical (unpaired) electrons. The fraction of sp³-hybridized carbons (Fsp3) is 0.417. The Morgan fingerprint density at radius 2 is 1.86 bits per heavy atom. The minimum atomic E-state index is 0.0516. The van der Waals surface area contributed by atoms with Gasteiger partial charge in [0.1, 0.15) is 0 Å². The molecule has 0 unspecified atom stereocenters. The molecular formula is C24H27N3O. The molecule has 2 aliphatic rings. The Hall–Kier alpha value is -2.64. The van der Waals surface area contributed by atoms with Crippen molar-refractivity contribution in [3.8, 4) is 6.07 Å². The van der Waals surface area contributed by atoms with Gasteiger partial charge in [-0.25, -0.2) is 0 Å². The Labute approximate surface area is 167 Å². The Balaban J connectivity index is 1.45. The summed E-state index contributed by atoms with van der Waals surface area (Å²) in [6.45, 7) is 3.81. The van der Waals surface area contributed by atoms with Crippen molar-refractivity contribution in [3.05, 3.63) is 71.3 Å². The molecule has 0 bridgehead atoms. The smallest absolute Gasteiger partial charge is 0.253 e. The molecule has 4 heteroatoms. The van der Waals surface area contributed by atoms with E-state index < -0.39 is 0 Å². The van der Waals surface area contributed by atoms with Crippen LogP contribution < -0.4 is 0 Å². The van der Waals surface area contributed by atoms with Crippen molar-refractivity contribution < 1.29 is 4.79 Å². The second-order valence-electron chi connectivity index (χ2n) is 8.49. The van der Waals surface area contributed by atoms with Crippen LogP contribution in [0.4, 0.5) is 0 Å². The fourth-order valence-corrected chi connectivity index (χ4v) is 5.06. The molecule has 144 valence electrons. The molecule has 2 saturated heterocycles. The summed E-state index contributed by atoms with van der Waals surface area (Å²) >= 11 is 0. The predicted molar refractivity (Wildman–Crippen MR) is 110 cm³/mol. The van der Waals surface area contributed by atoms with Gasteiger partial charge in [-0.15, -0.1) is 0 Å². The minimum Gasteiger partial charge on any atom is -0.339 e. The molecule has 0 N–H and O–H groups in total. The molecule has 0 saturated carbocycles. The van der Waals surface area contributed by atoms with Gasteiger partial charge in [-0.1, -0.05) is 36.4 Å². The molecule has 0 aliphatic carbocycles. The molecule has 1 amide bonds. The number of carbonyl (C=O) groups is 1. The van der Waals surface area contributed by atoms with Crippen molar-refractivity contribution in [2.24, 2.45) is 5.41 Å². The van der Waals surface area contributed by atoms with Crippen LogP contribution in [0.25, 0.3) is 0 Å². The zero-order chi connectivity index (χ0) is 19.6. The summed E-state index contributed by atoms with van der Waals surface area (Å²) in [7, 11) is 2.22. The number of piperidine rings is 2. The number of likely N-dealkylation sites (tertiary alicyclic amines) is 2. The van der Waals surface area contributed by atoms with E-state index >= 15 is 0 Å². The van der Waals surface area contributed by atoms with Crippen LogP contribution >= 0.6 is 0 Å². The Morgan fingerprint density at radius 3 is 2.57 bits per heavy atom. The van der Waals surface area contributed by atoms with Crippen LogP contribution in [0, 0.1) is 16.7 Å². The number of hydrogen-bond acceptors (Lipinski definition) is 3. The summed E-state index contributed by atoms with van der Waals surface area (Å²) in [4.78, 5) is 17.3. The van der Waals surface area contributed by atoms with Crippen molar-refractivity contribution in [2.75, 3.05) is 33.2 Å². The van der Waals surface area contributed by atoms with E-state index in [4.69, 9.17) is 5.26 Å². The van der Waals surface area contributed by atoms with Gasteiger partial charge in [-0.2, -0.15) is 5.26 Å². The van der Waals surface area contributed by atoms with Crippen LogP contribution in [0.2, 0.25) is 0 Å². The topological polar surface area (TPSA) is 47.3 Å². The summed E-state index contributed by atoms with van der Waals surface area (Å²) in [6.07, 6.45) is 3.29. The van der Waals surface area contributed by atoms with Gasteiger partial charge in [-0.05, 0) is 61.4 Å². The molecule has 2 aliphatic heterocycles. The van der Waals surface area contributed by atoms with Crippen molar-refractivity contribution in [3.63, 3.8) is 0 Å². The maximum Gasteiger partial charge on any atom is 0.253 e. The van der Waals surface area contributed by atoms with Gasteiger partial charge in [0.2, 0.25) is 0 Å². The van der Waals surface area contributed by atoms with E-state index in [-0.39, 0.29) is 5.91 Å². The van der Waals surface area contributed by atoms with Crippen LogP contribution in [0.15, 0.2) is 54.6 Å². The van der Waals surface area contributed by atoms with E-state index in [9.17, 15) is 4.79 Å². The lowest BCUT2D eigenvalue weighted by molar-refractivity contribution is 0.0224. The minimum absolute atomic E-state index is 0.0516. The van der Waals surface area contributed by atoms with Gasteiger partial charge in [0.25, 0.3) is 5.91 Å². The first-order chi connectivity index (χ1) is 13.6. The lowest BCUT2D eigenvalue weighted by atomic mass is 9.68. The highest BCUT2D eigenvalue weighted by atomic mass is 16.2. The average Bonchev–Trinajstić information content (AvgIpc) is 2.74. The Kier molecular flexibility index (Phi) is 5.19. The number of nitriles is 1. The molecule has 4 rings (SSSR count).